The molecular formula is C30H29NO4. The third-order valence-corrected chi connectivity index (χ3v) is 5.30. The molecular weight excluding hydrogens is 438 g/mol. The summed E-state index contributed by atoms with van der Waals surface area (Å²) in [4.78, 5) is 13.0. The van der Waals surface area contributed by atoms with Crippen LogP contribution in [0.5, 0.6) is 17.2 Å². The number of aryl methyl sites for hydroxylation is 1. The van der Waals surface area contributed by atoms with Gasteiger partial charge in [0.25, 0.3) is 5.91 Å². The van der Waals surface area contributed by atoms with Gasteiger partial charge in [-0.15, -0.1) is 0 Å². The molecule has 0 spiro atoms. The number of benzene rings is 4. The molecule has 35 heavy (non-hydrogen) atoms. The van der Waals surface area contributed by atoms with E-state index in [0.717, 1.165) is 24.3 Å². The zero-order valence-corrected chi connectivity index (χ0v) is 19.6. The summed E-state index contributed by atoms with van der Waals surface area (Å²) in [6.45, 7) is 1.31. The molecule has 0 bridgehead atoms. The van der Waals surface area contributed by atoms with Crippen molar-refractivity contribution in [3.8, 4) is 17.2 Å². The molecule has 178 valence electrons. The highest BCUT2D eigenvalue weighted by Crippen LogP contribution is 2.22. The maximum atomic E-state index is 13.0. The number of amides is 1. The van der Waals surface area contributed by atoms with Crippen LogP contribution in [0, 0.1) is 0 Å². The molecule has 1 amide bonds. The van der Waals surface area contributed by atoms with Crippen molar-refractivity contribution >= 4 is 11.6 Å². The fraction of sp³-hybridized carbons (Fsp3) is 0.167. The van der Waals surface area contributed by atoms with Gasteiger partial charge in [0, 0.05) is 11.8 Å². The number of anilines is 1. The van der Waals surface area contributed by atoms with Crippen LogP contribution in [-0.2, 0) is 6.42 Å². The molecule has 4 rings (SSSR count). The first-order chi connectivity index (χ1) is 17.3. The van der Waals surface area contributed by atoms with Crippen LogP contribution in [0.4, 0.5) is 5.69 Å². The largest absolute Gasteiger partial charge is 0.494 e. The average Bonchev–Trinajstić information content (AvgIpc) is 2.91. The first-order valence-electron chi connectivity index (χ1n) is 11.8. The second-order valence-corrected chi connectivity index (χ2v) is 7.93. The van der Waals surface area contributed by atoms with Gasteiger partial charge >= 0.3 is 0 Å². The molecule has 0 aromatic heterocycles. The number of carbonyl (C=O) groups is 1. The Morgan fingerprint density at radius 2 is 1.29 bits per heavy atom. The predicted octanol–water partition coefficient (Wildman–Crippen LogP) is 6.41. The minimum Gasteiger partial charge on any atom is -0.494 e. The van der Waals surface area contributed by atoms with Gasteiger partial charge in [-0.05, 0) is 54.8 Å². The van der Waals surface area contributed by atoms with Crippen LogP contribution in [-0.4, -0.2) is 25.7 Å². The summed E-state index contributed by atoms with van der Waals surface area (Å²) >= 11 is 0. The van der Waals surface area contributed by atoms with Crippen LogP contribution < -0.4 is 19.5 Å². The van der Waals surface area contributed by atoms with Crippen molar-refractivity contribution in [3.63, 3.8) is 0 Å². The molecule has 0 saturated heterocycles. The van der Waals surface area contributed by atoms with Gasteiger partial charge in [-0.1, -0.05) is 66.7 Å². The van der Waals surface area contributed by atoms with Crippen molar-refractivity contribution in [3.05, 3.63) is 120 Å². The number of ether oxygens (including phenoxy) is 3. The van der Waals surface area contributed by atoms with E-state index in [0.29, 0.717) is 36.8 Å². The maximum Gasteiger partial charge on any atom is 0.259 e. The van der Waals surface area contributed by atoms with E-state index in [1.807, 2.05) is 84.9 Å². The van der Waals surface area contributed by atoms with E-state index in [1.54, 1.807) is 12.1 Å². The molecule has 5 nitrogen and oxygen atoms in total. The van der Waals surface area contributed by atoms with E-state index in [4.69, 9.17) is 14.2 Å². The highest BCUT2D eigenvalue weighted by Gasteiger charge is 2.13. The first kappa shape index (κ1) is 23.9. The summed E-state index contributed by atoms with van der Waals surface area (Å²) in [5.41, 5.74) is 2.42. The molecule has 0 radical (unpaired) electrons. The standard InChI is InChI=1S/C30H29NO4/c32-30(28-18-7-8-19-29(28)35-22-21-34-26-15-5-2-6-16-26)31-25-14-9-17-27(23-25)33-20-10-13-24-11-3-1-4-12-24/h1-9,11-12,14-19,23H,10,13,20-22H2,(H,31,32). The Hall–Kier alpha value is -4.25. The Bertz CT molecular complexity index is 1200. The van der Waals surface area contributed by atoms with Gasteiger partial charge in [0.2, 0.25) is 0 Å². The van der Waals surface area contributed by atoms with Crippen LogP contribution in [0.15, 0.2) is 109 Å². The van der Waals surface area contributed by atoms with Gasteiger partial charge in [-0.2, -0.15) is 0 Å². The van der Waals surface area contributed by atoms with Crippen LogP contribution in [0.1, 0.15) is 22.3 Å². The van der Waals surface area contributed by atoms with E-state index >= 15 is 0 Å². The van der Waals surface area contributed by atoms with Crippen LogP contribution in [0.3, 0.4) is 0 Å². The zero-order valence-electron chi connectivity index (χ0n) is 19.6. The minimum atomic E-state index is -0.245. The number of nitrogens with one attached hydrogen (secondary N) is 1. The Labute approximate surface area is 206 Å². The van der Waals surface area contributed by atoms with E-state index < -0.39 is 0 Å². The van der Waals surface area contributed by atoms with Crippen molar-refractivity contribution < 1.29 is 19.0 Å². The van der Waals surface area contributed by atoms with Crippen molar-refractivity contribution in [1.29, 1.82) is 0 Å². The second-order valence-electron chi connectivity index (χ2n) is 7.93. The lowest BCUT2D eigenvalue weighted by Crippen LogP contribution is -2.15. The fourth-order valence-electron chi connectivity index (χ4n) is 3.58. The van der Waals surface area contributed by atoms with E-state index in [2.05, 4.69) is 17.4 Å². The summed E-state index contributed by atoms with van der Waals surface area (Å²) < 4.78 is 17.4. The normalized spacial score (nSPS) is 10.4. The van der Waals surface area contributed by atoms with Crippen molar-refractivity contribution in [2.45, 2.75) is 12.8 Å². The smallest absolute Gasteiger partial charge is 0.259 e. The summed E-state index contributed by atoms with van der Waals surface area (Å²) in [5.74, 6) is 1.77. The van der Waals surface area contributed by atoms with Crippen LogP contribution in [0.2, 0.25) is 0 Å². The third-order valence-electron chi connectivity index (χ3n) is 5.30. The van der Waals surface area contributed by atoms with Crippen molar-refractivity contribution in [2.24, 2.45) is 0 Å². The van der Waals surface area contributed by atoms with Crippen LogP contribution in [0.25, 0.3) is 0 Å². The van der Waals surface area contributed by atoms with Gasteiger partial charge in [0.15, 0.2) is 0 Å². The molecule has 5 heteroatoms. The van der Waals surface area contributed by atoms with Crippen molar-refractivity contribution in [2.75, 3.05) is 25.1 Å². The Morgan fingerprint density at radius 3 is 2.11 bits per heavy atom. The molecule has 1 N–H and O–H groups in total. The lowest BCUT2D eigenvalue weighted by atomic mass is 10.1. The lowest BCUT2D eigenvalue weighted by Gasteiger charge is -2.13. The molecule has 0 aliphatic rings. The zero-order chi connectivity index (χ0) is 24.1. The van der Waals surface area contributed by atoms with Crippen LogP contribution >= 0.6 is 0 Å². The quantitative estimate of drug-likeness (QED) is 0.245. The number of para-hydroxylation sites is 2. The minimum absolute atomic E-state index is 0.245. The molecule has 4 aromatic rings. The number of carbonyl (C=O) groups excluding carboxylic acids is 1. The third kappa shape index (κ3) is 7.64. The van der Waals surface area contributed by atoms with E-state index in [-0.39, 0.29) is 5.91 Å². The highest BCUT2D eigenvalue weighted by atomic mass is 16.5. The molecule has 0 aliphatic heterocycles. The molecule has 0 aliphatic carbocycles. The molecule has 0 saturated carbocycles. The highest BCUT2D eigenvalue weighted by molar-refractivity contribution is 6.06. The molecule has 0 unspecified atom stereocenters. The topological polar surface area (TPSA) is 56.8 Å². The SMILES string of the molecule is O=C(Nc1cccc(OCCCc2ccccc2)c1)c1ccccc1OCCOc1ccccc1. The van der Waals surface area contributed by atoms with Gasteiger partial charge in [0.1, 0.15) is 30.5 Å². The summed E-state index contributed by atoms with van der Waals surface area (Å²) in [5, 5.41) is 2.94. The average molecular weight is 468 g/mol. The Balaban J connectivity index is 1.27. The summed E-state index contributed by atoms with van der Waals surface area (Å²) in [7, 11) is 0. The molecule has 0 fully saturated rings. The molecule has 0 heterocycles. The molecule has 0 atom stereocenters. The predicted molar refractivity (Wildman–Crippen MR) is 139 cm³/mol. The Morgan fingerprint density at radius 1 is 0.629 bits per heavy atom. The summed E-state index contributed by atoms with van der Waals surface area (Å²) in [6.07, 6.45) is 1.88. The van der Waals surface area contributed by atoms with Gasteiger partial charge in [0.05, 0.1) is 12.2 Å². The molecule has 4 aromatic carbocycles. The van der Waals surface area contributed by atoms with E-state index in [9.17, 15) is 4.79 Å². The fourth-order valence-corrected chi connectivity index (χ4v) is 3.58. The monoisotopic (exact) mass is 467 g/mol. The number of hydrogen-bond acceptors (Lipinski definition) is 4. The number of rotatable bonds is 12. The van der Waals surface area contributed by atoms with Gasteiger partial charge in [-0.25, -0.2) is 0 Å². The number of hydrogen-bond donors (Lipinski definition) is 1. The van der Waals surface area contributed by atoms with Gasteiger partial charge < -0.3 is 19.5 Å². The Kier molecular flexibility index (Phi) is 8.77. The maximum absolute atomic E-state index is 13.0. The lowest BCUT2D eigenvalue weighted by molar-refractivity contribution is 0.102. The van der Waals surface area contributed by atoms with Crippen molar-refractivity contribution in [1.82, 2.24) is 0 Å². The first-order valence-corrected chi connectivity index (χ1v) is 11.8. The second kappa shape index (κ2) is 12.8. The van der Waals surface area contributed by atoms with Gasteiger partial charge in [-0.3, -0.25) is 4.79 Å². The summed E-state index contributed by atoms with van der Waals surface area (Å²) in [6, 6.07) is 34.5. The van der Waals surface area contributed by atoms with E-state index in [1.165, 1.54) is 5.56 Å².